The van der Waals surface area contributed by atoms with E-state index in [0.29, 0.717) is 6.54 Å². The minimum Gasteiger partial charge on any atom is -0.369 e. The number of nitrogens with one attached hydrogen (secondary N) is 2. The van der Waals surface area contributed by atoms with Gasteiger partial charge in [-0.25, -0.2) is 9.97 Å². The van der Waals surface area contributed by atoms with Crippen LogP contribution in [0.15, 0.2) is 30.6 Å². The molecule has 0 bridgehead atoms. The highest BCUT2D eigenvalue weighted by Gasteiger charge is 2.29. The predicted octanol–water partition coefficient (Wildman–Crippen LogP) is 4.11. The molecule has 6 heteroatoms. The van der Waals surface area contributed by atoms with Crippen LogP contribution in [0.4, 0.5) is 11.5 Å². The molecule has 2 aliphatic rings. The molecule has 1 aliphatic carbocycles. The van der Waals surface area contributed by atoms with Crippen LogP contribution in [0.1, 0.15) is 41.2 Å². The van der Waals surface area contributed by atoms with Crippen molar-refractivity contribution in [2.24, 2.45) is 0 Å². The molecule has 2 aromatic heterocycles. The van der Waals surface area contributed by atoms with E-state index in [1.165, 1.54) is 28.7 Å². The Kier molecular flexibility index (Phi) is 3.85. The number of aromatic nitrogens is 2. The molecule has 3 heterocycles. The van der Waals surface area contributed by atoms with Crippen molar-refractivity contribution in [3.8, 4) is 0 Å². The van der Waals surface area contributed by atoms with Gasteiger partial charge in [0.2, 0.25) is 5.91 Å². The van der Waals surface area contributed by atoms with Crippen molar-refractivity contribution < 1.29 is 4.79 Å². The Morgan fingerprint density at radius 1 is 1.19 bits per heavy atom. The number of amides is 1. The normalized spacial score (nSPS) is 18.5. The lowest BCUT2D eigenvalue weighted by atomic mass is 9.96. The van der Waals surface area contributed by atoms with Gasteiger partial charge in [0.1, 0.15) is 17.0 Å². The number of hydrogen-bond donors (Lipinski definition) is 2. The molecule has 1 amide bonds. The van der Waals surface area contributed by atoms with Crippen molar-refractivity contribution in [3.05, 3.63) is 46.6 Å². The molecule has 0 fully saturated rings. The van der Waals surface area contributed by atoms with Crippen LogP contribution in [-0.2, 0) is 17.6 Å². The third kappa shape index (κ3) is 2.56. The summed E-state index contributed by atoms with van der Waals surface area (Å²) in [5.74, 6) is 0.919. The first-order valence-corrected chi connectivity index (χ1v) is 10.0. The SMILES string of the molecule is O=C1Nc2ccccc2[C@@H]1CCNc1ncnc2sc3c(c12)CCCC3. The Labute approximate surface area is 155 Å². The Balaban J connectivity index is 1.36. The third-order valence-electron chi connectivity index (χ3n) is 5.39. The fourth-order valence-electron chi connectivity index (χ4n) is 4.12. The van der Waals surface area contributed by atoms with Gasteiger partial charge in [0.05, 0.1) is 11.3 Å². The second-order valence-corrected chi connectivity index (χ2v) is 8.04. The molecule has 0 saturated carbocycles. The van der Waals surface area contributed by atoms with Crippen LogP contribution < -0.4 is 10.6 Å². The number of carbonyl (C=O) groups is 1. The molecule has 2 N–H and O–H groups in total. The zero-order valence-electron chi connectivity index (χ0n) is 14.4. The Bertz CT molecular complexity index is 997. The topological polar surface area (TPSA) is 66.9 Å². The second-order valence-electron chi connectivity index (χ2n) is 6.96. The number of anilines is 2. The number of thiophene rings is 1. The number of fused-ring (bicyclic) bond motifs is 4. The van der Waals surface area contributed by atoms with Crippen molar-refractivity contribution in [1.82, 2.24) is 9.97 Å². The average molecular weight is 364 g/mol. The molecule has 1 aromatic carbocycles. The molecular formula is C20H20N4OS. The highest BCUT2D eigenvalue weighted by molar-refractivity contribution is 7.19. The quantitative estimate of drug-likeness (QED) is 0.731. The zero-order valence-corrected chi connectivity index (χ0v) is 15.2. The van der Waals surface area contributed by atoms with Crippen molar-refractivity contribution in [2.45, 2.75) is 38.0 Å². The molecule has 26 heavy (non-hydrogen) atoms. The highest BCUT2D eigenvalue weighted by atomic mass is 32.1. The molecule has 0 unspecified atom stereocenters. The van der Waals surface area contributed by atoms with Gasteiger partial charge in [0.15, 0.2) is 0 Å². The summed E-state index contributed by atoms with van der Waals surface area (Å²) >= 11 is 1.81. The van der Waals surface area contributed by atoms with E-state index in [0.717, 1.165) is 41.2 Å². The number of rotatable bonds is 4. The average Bonchev–Trinajstić information content (AvgIpc) is 3.20. The highest BCUT2D eigenvalue weighted by Crippen LogP contribution is 2.38. The van der Waals surface area contributed by atoms with Gasteiger partial charge in [-0.3, -0.25) is 4.79 Å². The summed E-state index contributed by atoms with van der Waals surface area (Å²) in [4.78, 5) is 23.8. The third-order valence-corrected chi connectivity index (χ3v) is 6.59. The van der Waals surface area contributed by atoms with Crippen molar-refractivity contribution >= 4 is 39.0 Å². The Morgan fingerprint density at radius 3 is 3.04 bits per heavy atom. The van der Waals surface area contributed by atoms with E-state index in [-0.39, 0.29) is 11.8 Å². The Hall–Kier alpha value is -2.47. The maximum atomic E-state index is 12.3. The molecule has 0 saturated heterocycles. The van der Waals surface area contributed by atoms with E-state index in [2.05, 4.69) is 20.6 Å². The van der Waals surface area contributed by atoms with Gasteiger partial charge < -0.3 is 10.6 Å². The predicted molar refractivity (Wildman–Crippen MR) is 105 cm³/mol. The fraction of sp³-hybridized carbons (Fsp3) is 0.350. The van der Waals surface area contributed by atoms with E-state index in [4.69, 9.17) is 0 Å². The number of carbonyl (C=O) groups excluding carboxylic acids is 1. The summed E-state index contributed by atoms with van der Waals surface area (Å²) < 4.78 is 0. The van der Waals surface area contributed by atoms with E-state index in [1.807, 2.05) is 35.6 Å². The molecule has 132 valence electrons. The van der Waals surface area contributed by atoms with Crippen LogP contribution in [0.25, 0.3) is 10.2 Å². The summed E-state index contributed by atoms with van der Waals surface area (Å²) in [6.07, 6.45) is 7.19. The van der Waals surface area contributed by atoms with E-state index in [9.17, 15) is 4.79 Å². The summed E-state index contributed by atoms with van der Waals surface area (Å²) in [6.45, 7) is 0.711. The first kappa shape index (κ1) is 15.8. The van der Waals surface area contributed by atoms with Gasteiger partial charge >= 0.3 is 0 Å². The first-order chi connectivity index (χ1) is 12.8. The lowest BCUT2D eigenvalue weighted by Gasteiger charge is -2.13. The minimum absolute atomic E-state index is 0.0904. The van der Waals surface area contributed by atoms with Gasteiger partial charge in [-0.15, -0.1) is 11.3 Å². The lowest BCUT2D eigenvalue weighted by Crippen LogP contribution is -2.16. The lowest BCUT2D eigenvalue weighted by molar-refractivity contribution is -0.117. The molecule has 0 radical (unpaired) electrons. The maximum Gasteiger partial charge on any atom is 0.232 e. The molecule has 1 atom stereocenters. The molecule has 0 spiro atoms. The van der Waals surface area contributed by atoms with Gasteiger partial charge in [-0.05, 0) is 49.3 Å². The summed E-state index contributed by atoms with van der Waals surface area (Å²) in [5, 5.41) is 7.65. The first-order valence-electron chi connectivity index (χ1n) is 9.20. The van der Waals surface area contributed by atoms with Gasteiger partial charge in [0.25, 0.3) is 0 Å². The number of aryl methyl sites for hydroxylation is 2. The zero-order chi connectivity index (χ0) is 17.5. The maximum absolute atomic E-state index is 12.3. The number of hydrogen-bond acceptors (Lipinski definition) is 5. The molecule has 3 aromatic rings. The van der Waals surface area contributed by atoms with Crippen LogP contribution in [0.5, 0.6) is 0 Å². The number of benzene rings is 1. The summed E-state index contributed by atoms with van der Waals surface area (Å²) in [7, 11) is 0. The second kappa shape index (κ2) is 6.36. The van der Waals surface area contributed by atoms with E-state index >= 15 is 0 Å². The van der Waals surface area contributed by atoms with Gasteiger partial charge in [-0.2, -0.15) is 0 Å². The van der Waals surface area contributed by atoms with Crippen molar-refractivity contribution in [2.75, 3.05) is 17.2 Å². The molecule has 5 nitrogen and oxygen atoms in total. The minimum atomic E-state index is -0.0904. The van der Waals surface area contributed by atoms with Crippen molar-refractivity contribution in [1.29, 1.82) is 0 Å². The summed E-state index contributed by atoms with van der Waals surface area (Å²) in [5.41, 5.74) is 3.47. The van der Waals surface area contributed by atoms with Crippen LogP contribution in [0, 0.1) is 0 Å². The van der Waals surface area contributed by atoms with Crippen LogP contribution in [-0.4, -0.2) is 22.4 Å². The number of nitrogens with zero attached hydrogens (tertiary/aromatic N) is 2. The van der Waals surface area contributed by atoms with Crippen LogP contribution in [0.3, 0.4) is 0 Å². The standard InChI is InChI=1S/C20H20N4OS/c25-19-13(12-5-1-3-7-15(12)24-19)9-10-21-18-17-14-6-2-4-8-16(14)26-20(17)23-11-22-18/h1,3,5,7,11,13H,2,4,6,8-10H2,(H,24,25)(H,21,22,23)/t13-/m0/s1. The largest absolute Gasteiger partial charge is 0.369 e. The molecule has 1 aliphatic heterocycles. The van der Waals surface area contributed by atoms with Crippen LogP contribution in [0.2, 0.25) is 0 Å². The van der Waals surface area contributed by atoms with Crippen LogP contribution >= 0.6 is 11.3 Å². The van der Waals surface area contributed by atoms with E-state index < -0.39 is 0 Å². The monoisotopic (exact) mass is 364 g/mol. The fourth-order valence-corrected chi connectivity index (χ4v) is 5.35. The van der Waals surface area contributed by atoms with E-state index in [1.54, 1.807) is 6.33 Å². The number of para-hydroxylation sites is 1. The summed E-state index contributed by atoms with van der Waals surface area (Å²) in [6, 6.07) is 7.95. The Morgan fingerprint density at radius 2 is 2.08 bits per heavy atom. The van der Waals surface area contributed by atoms with Gasteiger partial charge in [-0.1, -0.05) is 18.2 Å². The van der Waals surface area contributed by atoms with Gasteiger partial charge in [0, 0.05) is 17.1 Å². The molecular weight excluding hydrogens is 344 g/mol. The van der Waals surface area contributed by atoms with Crippen molar-refractivity contribution in [3.63, 3.8) is 0 Å². The molecule has 5 rings (SSSR count). The smallest absolute Gasteiger partial charge is 0.232 e.